The predicted octanol–water partition coefficient (Wildman–Crippen LogP) is 2.42. The number of para-hydroxylation sites is 1. The molecule has 3 heterocycles. The van der Waals surface area contributed by atoms with Crippen LogP contribution >= 0.6 is 0 Å². The number of nitrogens with one attached hydrogen (secondary N) is 1. The average molecular weight is 366 g/mol. The van der Waals surface area contributed by atoms with Crippen molar-refractivity contribution >= 4 is 17.4 Å². The smallest absolute Gasteiger partial charge is 0.260 e. The van der Waals surface area contributed by atoms with Crippen LogP contribution in [0.2, 0.25) is 0 Å². The maximum atomic E-state index is 13.0. The van der Waals surface area contributed by atoms with E-state index in [1.807, 2.05) is 35.2 Å². The number of hydrogen-bond donors (Lipinski definition) is 1. The Balaban J connectivity index is 1.36. The van der Waals surface area contributed by atoms with Crippen LogP contribution in [0.4, 0.5) is 11.5 Å². The van der Waals surface area contributed by atoms with Crippen LogP contribution in [-0.2, 0) is 11.2 Å². The zero-order valence-corrected chi connectivity index (χ0v) is 15.7. The van der Waals surface area contributed by atoms with Crippen LogP contribution in [-0.4, -0.2) is 61.2 Å². The molecule has 0 spiro atoms. The molecule has 0 radical (unpaired) electrons. The first kappa shape index (κ1) is 17.9. The fraction of sp³-hybridized carbons (Fsp3) is 0.429. The van der Waals surface area contributed by atoms with Crippen LogP contribution in [0.1, 0.15) is 22.8 Å². The van der Waals surface area contributed by atoms with Gasteiger partial charge in [-0.3, -0.25) is 9.69 Å². The highest BCUT2D eigenvalue weighted by Gasteiger charge is 2.31. The van der Waals surface area contributed by atoms with Crippen molar-refractivity contribution in [3.63, 3.8) is 0 Å². The number of morpholine rings is 1. The van der Waals surface area contributed by atoms with Gasteiger partial charge in [0.05, 0.1) is 18.8 Å². The van der Waals surface area contributed by atoms with Gasteiger partial charge in [0.25, 0.3) is 5.91 Å². The van der Waals surface area contributed by atoms with E-state index in [9.17, 15) is 4.79 Å². The number of anilines is 2. The minimum Gasteiger partial charge on any atom is -0.379 e. The zero-order valence-electron chi connectivity index (χ0n) is 15.7. The van der Waals surface area contributed by atoms with Gasteiger partial charge in [0.2, 0.25) is 0 Å². The number of rotatable bonds is 5. The van der Waals surface area contributed by atoms with Gasteiger partial charge in [0.15, 0.2) is 0 Å². The van der Waals surface area contributed by atoms with Gasteiger partial charge in [0.1, 0.15) is 5.82 Å². The fourth-order valence-corrected chi connectivity index (χ4v) is 3.81. The van der Waals surface area contributed by atoms with E-state index in [4.69, 9.17) is 4.74 Å². The molecule has 2 aliphatic heterocycles. The number of ether oxygens (including phenoxy) is 1. The molecule has 0 aliphatic carbocycles. The molecule has 1 unspecified atom stereocenters. The van der Waals surface area contributed by atoms with E-state index < -0.39 is 0 Å². The SMILES string of the molecule is CC1Cc2ccccc2N1C(=O)c1ccc(NCCN2CCOCC2)nc1. The quantitative estimate of drug-likeness (QED) is 0.881. The molecule has 6 nitrogen and oxygen atoms in total. The number of nitrogens with zero attached hydrogens (tertiary/aromatic N) is 3. The summed E-state index contributed by atoms with van der Waals surface area (Å²) in [5, 5.41) is 3.33. The molecule has 1 amide bonds. The van der Waals surface area contributed by atoms with E-state index in [0.29, 0.717) is 5.56 Å². The molecular weight excluding hydrogens is 340 g/mol. The van der Waals surface area contributed by atoms with E-state index in [0.717, 1.165) is 57.3 Å². The third-order valence-electron chi connectivity index (χ3n) is 5.27. The monoisotopic (exact) mass is 366 g/mol. The first-order valence-corrected chi connectivity index (χ1v) is 9.64. The van der Waals surface area contributed by atoms with Crippen molar-refractivity contribution in [1.29, 1.82) is 0 Å². The van der Waals surface area contributed by atoms with Crippen LogP contribution in [0.25, 0.3) is 0 Å². The molecule has 142 valence electrons. The van der Waals surface area contributed by atoms with Crippen molar-refractivity contribution in [1.82, 2.24) is 9.88 Å². The minimum atomic E-state index is 0.0137. The Morgan fingerprint density at radius 3 is 2.81 bits per heavy atom. The highest BCUT2D eigenvalue weighted by molar-refractivity contribution is 6.07. The second-order valence-electron chi connectivity index (χ2n) is 7.17. The number of fused-ring (bicyclic) bond motifs is 1. The summed E-state index contributed by atoms with van der Waals surface area (Å²) in [4.78, 5) is 21.7. The van der Waals surface area contributed by atoms with Gasteiger partial charge in [-0.15, -0.1) is 0 Å². The van der Waals surface area contributed by atoms with Crippen LogP contribution in [0.3, 0.4) is 0 Å². The second kappa shape index (κ2) is 8.06. The maximum absolute atomic E-state index is 13.0. The zero-order chi connectivity index (χ0) is 18.6. The summed E-state index contributed by atoms with van der Waals surface area (Å²) in [7, 11) is 0. The molecule has 1 aromatic heterocycles. The summed E-state index contributed by atoms with van der Waals surface area (Å²) in [6.07, 6.45) is 2.57. The number of aromatic nitrogens is 1. The topological polar surface area (TPSA) is 57.7 Å². The van der Waals surface area contributed by atoms with Crippen molar-refractivity contribution in [2.45, 2.75) is 19.4 Å². The van der Waals surface area contributed by atoms with Gasteiger partial charge in [-0.05, 0) is 37.1 Å². The molecule has 1 atom stereocenters. The largest absolute Gasteiger partial charge is 0.379 e. The average Bonchev–Trinajstić information content (AvgIpc) is 3.04. The second-order valence-corrected chi connectivity index (χ2v) is 7.17. The molecule has 1 saturated heterocycles. The molecule has 4 rings (SSSR count). The van der Waals surface area contributed by atoms with Crippen LogP contribution in [0.5, 0.6) is 0 Å². The summed E-state index contributed by atoms with van der Waals surface area (Å²) in [5.74, 6) is 0.814. The maximum Gasteiger partial charge on any atom is 0.260 e. The predicted molar refractivity (Wildman–Crippen MR) is 106 cm³/mol. The number of pyridine rings is 1. The molecule has 1 N–H and O–H groups in total. The fourth-order valence-electron chi connectivity index (χ4n) is 3.81. The third-order valence-corrected chi connectivity index (χ3v) is 5.27. The molecule has 6 heteroatoms. The number of hydrogen-bond acceptors (Lipinski definition) is 5. The molecular formula is C21H26N4O2. The van der Waals surface area contributed by atoms with E-state index in [2.05, 4.69) is 28.2 Å². The van der Waals surface area contributed by atoms with Gasteiger partial charge in [-0.2, -0.15) is 0 Å². The molecule has 1 fully saturated rings. The first-order chi connectivity index (χ1) is 13.2. The van der Waals surface area contributed by atoms with Gasteiger partial charge >= 0.3 is 0 Å². The van der Waals surface area contributed by atoms with E-state index >= 15 is 0 Å². The Morgan fingerprint density at radius 1 is 1.22 bits per heavy atom. The Bertz CT molecular complexity index is 787. The van der Waals surface area contributed by atoms with Gasteiger partial charge in [0, 0.05) is 44.1 Å². The molecule has 0 saturated carbocycles. The van der Waals surface area contributed by atoms with Crippen molar-refractivity contribution in [3.8, 4) is 0 Å². The molecule has 2 aliphatic rings. The lowest BCUT2D eigenvalue weighted by Crippen LogP contribution is -2.39. The Hall–Kier alpha value is -2.44. The van der Waals surface area contributed by atoms with Crippen molar-refractivity contribution in [2.24, 2.45) is 0 Å². The molecule has 2 aromatic rings. The summed E-state index contributed by atoms with van der Waals surface area (Å²) < 4.78 is 5.36. The third kappa shape index (κ3) is 3.96. The number of benzene rings is 1. The summed E-state index contributed by atoms with van der Waals surface area (Å²) in [6.45, 7) is 7.48. The Kier molecular flexibility index (Phi) is 5.36. The van der Waals surface area contributed by atoms with Gasteiger partial charge < -0.3 is 15.0 Å². The van der Waals surface area contributed by atoms with Gasteiger partial charge in [-0.1, -0.05) is 18.2 Å². The molecule has 27 heavy (non-hydrogen) atoms. The Morgan fingerprint density at radius 2 is 2.04 bits per heavy atom. The highest BCUT2D eigenvalue weighted by Crippen LogP contribution is 2.32. The lowest BCUT2D eigenvalue weighted by Gasteiger charge is -2.26. The summed E-state index contributed by atoms with van der Waals surface area (Å²) in [6, 6.07) is 12.0. The number of carbonyl (C=O) groups excluding carboxylic acids is 1. The van der Waals surface area contributed by atoms with Crippen LogP contribution in [0.15, 0.2) is 42.6 Å². The van der Waals surface area contributed by atoms with Crippen LogP contribution < -0.4 is 10.2 Å². The standard InChI is InChI=1S/C21H26N4O2/c1-16-14-17-4-2-3-5-19(17)25(16)21(26)18-6-7-20(23-15-18)22-8-9-24-10-12-27-13-11-24/h2-7,15-16H,8-14H2,1H3,(H,22,23). The number of amides is 1. The Labute approximate surface area is 160 Å². The minimum absolute atomic E-state index is 0.0137. The van der Waals surface area contributed by atoms with E-state index in [1.165, 1.54) is 5.56 Å². The lowest BCUT2D eigenvalue weighted by molar-refractivity contribution is 0.0398. The van der Waals surface area contributed by atoms with E-state index in [-0.39, 0.29) is 11.9 Å². The molecule has 1 aromatic carbocycles. The molecule has 0 bridgehead atoms. The first-order valence-electron chi connectivity index (χ1n) is 9.64. The van der Waals surface area contributed by atoms with Gasteiger partial charge in [-0.25, -0.2) is 4.98 Å². The van der Waals surface area contributed by atoms with Crippen molar-refractivity contribution in [2.75, 3.05) is 49.6 Å². The van der Waals surface area contributed by atoms with Crippen molar-refractivity contribution in [3.05, 3.63) is 53.7 Å². The lowest BCUT2D eigenvalue weighted by atomic mass is 10.1. The van der Waals surface area contributed by atoms with Crippen molar-refractivity contribution < 1.29 is 9.53 Å². The number of carbonyl (C=O) groups is 1. The summed E-state index contributed by atoms with van der Waals surface area (Å²) >= 11 is 0. The van der Waals surface area contributed by atoms with Crippen LogP contribution in [0, 0.1) is 0 Å². The summed E-state index contributed by atoms with van der Waals surface area (Å²) in [5.41, 5.74) is 2.87. The van der Waals surface area contributed by atoms with E-state index in [1.54, 1.807) is 6.20 Å². The highest BCUT2D eigenvalue weighted by atomic mass is 16.5. The normalized spacial score (nSPS) is 19.7.